The number of allylic oxidation sites excluding steroid dienone is 1. The average molecular weight is 221 g/mol. The van der Waals surface area contributed by atoms with Crippen LogP contribution in [0.5, 0.6) is 0 Å². The van der Waals surface area contributed by atoms with Gasteiger partial charge >= 0.3 is 0 Å². The standard InChI is InChI=1S/C10H9ClN4/c1-8(11)7-15-13-10(12-14-15)9-5-3-2-4-6-9/h2-6H,1,7H2. The van der Waals surface area contributed by atoms with Crippen LogP contribution in [0.15, 0.2) is 41.9 Å². The summed E-state index contributed by atoms with van der Waals surface area (Å²) in [6.45, 7) is 3.95. The number of tetrazole rings is 1. The van der Waals surface area contributed by atoms with Gasteiger partial charge in [-0.2, -0.15) is 4.80 Å². The molecule has 76 valence electrons. The van der Waals surface area contributed by atoms with Crippen LogP contribution in [-0.4, -0.2) is 20.2 Å². The zero-order chi connectivity index (χ0) is 10.7. The van der Waals surface area contributed by atoms with Crippen LogP contribution < -0.4 is 0 Å². The molecule has 15 heavy (non-hydrogen) atoms. The van der Waals surface area contributed by atoms with Crippen LogP contribution >= 0.6 is 11.6 Å². The molecule has 0 aliphatic carbocycles. The Morgan fingerprint density at radius 2 is 2.07 bits per heavy atom. The minimum absolute atomic E-state index is 0.376. The Bertz CT molecular complexity index is 463. The predicted molar refractivity (Wildman–Crippen MR) is 58.2 cm³/mol. The van der Waals surface area contributed by atoms with E-state index in [-0.39, 0.29) is 0 Å². The van der Waals surface area contributed by atoms with Crippen LogP contribution in [-0.2, 0) is 6.54 Å². The van der Waals surface area contributed by atoms with Gasteiger partial charge in [-0.25, -0.2) is 0 Å². The minimum Gasteiger partial charge on any atom is -0.158 e. The monoisotopic (exact) mass is 220 g/mol. The summed E-state index contributed by atoms with van der Waals surface area (Å²) in [6, 6.07) is 9.65. The van der Waals surface area contributed by atoms with Crippen molar-refractivity contribution in [1.82, 2.24) is 20.2 Å². The molecule has 0 bridgehead atoms. The number of halogens is 1. The molecule has 0 amide bonds. The Morgan fingerprint density at radius 1 is 1.33 bits per heavy atom. The van der Waals surface area contributed by atoms with Crippen molar-refractivity contribution < 1.29 is 0 Å². The van der Waals surface area contributed by atoms with Crippen molar-refractivity contribution in [2.75, 3.05) is 0 Å². The number of hydrogen-bond donors (Lipinski definition) is 0. The van der Waals surface area contributed by atoms with E-state index in [1.54, 1.807) is 0 Å². The lowest BCUT2D eigenvalue weighted by molar-refractivity contribution is 0.578. The molecule has 0 aliphatic rings. The van der Waals surface area contributed by atoms with Gasteiger partial charge in [0.15, 0.2) is 0 Å². The van der Waals surface area contributed by atoms with Crippen LogP contribution in [0.1, 0.15) is 0 Å². The molecule has 1 aromatic heterocycles. The van der Waals surface area contributed by atoms with E-state index in [1.807, 2.05) is 30.3 Å². The Balaban J connectivity index is 2.24. The molecule has 1 aromatic carbocycles. The normalized spacial score (nSPS) is 10.2. The minimum atomic E-state index is 0.376. The SMILES string of the molecule is C=C(Cl)Cn1nnc(-c2ccccc2)n1. The molecule has 0 N–H and O–H groups in total. The molecule has 4 nitrogen and oxygen atoms in total. The fourth-order valence-corrected chi connectivity index (χ4v) is 1.27. The summed E-state index contributed by atoms with van der Waals surface area (Å²) in [4.78, 5) is 1.41. The first kappa shape index (κ1) is 9.86. The summed E-state index contributed by atoms with van der Waals surface area (Å²) in [5, 5.41) is 12.4. The molecule has 1 heterocycles. The maximum absolute atomic E-state index is 5.64. The Labute approximate surface area is 92.2 Å². The number of rotatable bonds is 3. The first-order chi connectivity index (χ1) is 7.25. The lowest BCUT2D eigenvalue weighted by Crippen LogP contribution is -2.01. The van der Waals surface area contributed by atoms with E-state index in [1.165, 1.54) is 4.80 Å². The second kappa shape index (κ2) is 4.23. The summed E-state index contributed by atoms with van der Waals surface area (Å²) in [5.74, 6) is 0.591. The third-order valence-electron chi connectivity index (χ3n) is 1.80. The average Bonchev–Trinajstić information content (AvgIpc) is 2.67. The van der Waals surface area contributed by atoms with Crippen LogP contribution in [0.4, 0.5) is 0 Å². The molecule has 5 heteroatoms. The van der Waals surface area contributed by atoms with Crippen molar-refractivity contribution in [3.63, 3.8) is 0 Å². The third kappa shape index (κ3) is 2.41. The highest BCUT2D eigenvalue weighted by Gasteiger charge is 2.04. The maximum Gasteiger partial charge on any atom is 0.204 e. The van der Waals surface area contributed by atoms with Crippen molar-refractivity contribution >= 4 is 11.6 Å². The van der Waals surface area contributed by atoms with Gasteiger partial charge in [0.1, 0.15) is 0 Å². The van der Waals surface area contributed by atoms with Gasteiger partial charge in [0.25, 0.3) is 0 Å². The largest absolute Gasteiger partial charge is 0.204 e. The van der Waals surface area contributed by atoms with Crippen molar-refractivity contribution in [3.05, 3.63) is 41.9 Å². The molecule has 2 aromatic rings. The maximum atomic E-state index is 5.64. The number of benzene rings is 1. The second-order valence-corrected chi connectivity index (χ2v) is 3.56. The smallest absolute Gasteiger partial charge is 0.158 e. The molecule has 2 rings (SSSR count). The van der Waals surface area contributed by atoms with Gasteiger partial charge in [0.2, 0.25) is 5.82 Å². The van der Waals surface area contributed by atoms with Crippen molar-refractivity contribution in [3.8, 4) is 11.4 Å². The summed E-state index contributed by atoms with van der Waals surface area (Å²) < 4.78 is 0. The number of nitrogens with zero attached hydrogens (tertiary/aromatic N) is 4. The summed E-state index contributed by atoms with van der Waals surface area (Å²) in [5.41, 5.74) is 0.934. The highest BCUT2D eigenvalue weighted by molar-refractivity contribution is 6.29. The first-order valence-electron chi connectivity index (χ1n) is 4.42. The van der Waals surface area contributed by atoms with E-state index in [9.17, 15) is 0 Å². The summed E-state index contributed by atoms with van der Waals surface area (Å²) in [7, 11) is 0. The van der Waals surface area contributed by atoms with Crippen LogP contribution in [0.2, 0.25) is 0 Å². The molecular formula is C10H9ClN4. The van der Waals surface area contributed by atoms with E-state index in [4.69, 9.17) is 11.6 Å². The summed E-state index contributed by atoms with van der Waals surface area (Å²) in [6.07, 6.45) is 0. The Morgan fingerprint density at radius 3 is 2.73 bits per heavy atom. The molecule has 0 unspecified atom stereocenters. The molecule has 0 saturated carbocycles. The molecule has 0 atom stereocenters. The Kier molecular flexibility index (Phi) is 2.78. The van der Waals surface area contributed by atoms with Crippen LogP contribution in [0.3, 0.4) is 0 Å². The first-order valence-corrected chi connectivity index (χ1v) is 4.80. The lowest BCUT2D eigenvalue weighted by Gasteiger charge is -1.93. The molecule has 0 radical (unpaired) electrons. The highest BCUT2D eigenvalue weighted by atomic mass is 35.5. The second-order valence-electron chi connectivity index (χ2n) is 3.03. The van der Waals surface area contributed by atoms with Crippen LogP contribution in [0, 0.1) is 0 Å². The zero-order valence-corrected chi connectivity index (χ0v) is 8.72. The summed E-state index contributed by atoms with van der Waals surface area (Å²) >= 11 is 5.64. The van der Waals surface area contributed by atoms with Gasteiger partial charge in [-0.05, 0) is 5.21 Å². The van der Waals surface area contributed by atoms with Gasteiger partial charge in [0, 0.05) is 10.6 Å². The Hall–Kier alpha value is -1.68. The van der Waals surface area contributed by atoms with Gasteiger partial charge in [-0.3, -0.25) is 0 Å². The van der Waals surface area contributed by atoms with E-state index >= 15 is 0 Å². The van der Waals surface area contributed by atoms with Gasteiger partial charge in [-0.15, -0.1) is 10.2 Å². The topological polar surface area (TPSA) is 43.6 Å². The van der Waals surface area contributed by atoms with E-state index < -0.39 is 0 Å². The zero-order valence-electron chi connectivity index (χ0n) is 7.97. The van der Waals surface area contributed by atoms with Crippen molar-refractivity contribution in [1.29, 1.82) is 0 Å². The lowest BCUT2D eigenvalue weighted by atomic mass is 10.2. The van der Waals surface area contributed by atoms with Gasteiger partial charge in [0.05, 0.1) is 6.54 Å². The molecule has 0 aliphatic heterocycles. The van der Waals surface area contributed by atoms with E-state index in [2.05, 4.69) is 22.0 Å². The van der Waals surface area contributed by atoms with E-state index in [0.29, 0.717) is 17.4 Å². The van der Waals surface area contributed by atoms with Crippen molar-refractivity contribution in [2.24, 2.45) is 0 Å². The van der Waals surface area contributed by atoms with Gasteiger partial charge in [-0.1, -0.05) is 48.5 Å². The quantitative estimate of drug-likeness (QED) is 0.796. The molecule has 0 fully saturated rings. The third-order valence-corrected chi connectivity index (χ3v) is 1.92. The fourth-order valence-electron chi connectivity index (χ4n) is 1.17. The molecule has 0 spiro atoms. The van der Waals surface area contributed by atoms with Gasteiger partial charge < -0.3 is 0 Å². The van der Waals surface area contributed by atoms with E-state index in [0.717, 1.165) is 5.56 Å². The fraction of sp³-hybridized carbons (Fsp3) is 0.100. The number of aromatic nitrogens is 4. The molecular weight excluding hydrogens is 212 g/mol. The number of hydrogen-bond acceptors (Lipinski definition) is 3. The highest BCUT2D eigenvalue weighted by Crippen LogP contribution is 2.12. The van der Waals surface area contributed by atoms with Crippen molar-refractivity contribution in [2.45, 2.75) is 6.54 Å². The predicted octanol–water partition coefficient (Wildman–Crippen LogP) is 2.09. The van der Waals surface area contributed by atoms with Crippen LogP contribution in [0.25, 0.3) is 11.4 Å². The molecule has 0 saturated heterocycles.